The number of carbonyl (C=O) groups excluding carboxylic acids is 1. The minimum Gasteiger partial charge on any atom is -0.412 e. The number of nitrogens with one attached hydrogen (secondary N) is 1. The third-order valence-corrected chi connectivity index (χ3v) is 4.99. The van der Waals surface area contributed by atoms with Crippen molar-refractivity contribution in [3.63, 3.8) is 0 Å². The Hall–Kier alpha value is -2.47. The Morgan fingerprint density at radius 2 is 1.88 bits per heavy atom. The lowest BCUT2D eigenvalue weighted by molar-refractivity contribution is 0.0906. The van der Waals surface area contributed by atoms with Crippen molar-refractivity contribution in [3.05, 3.63) is 58.1 Å². The standard InChI is InChI=1S/C19H21N3O2S/c1-12(15-6-5-11-25-15)20-16(23)18-22-21-17(24-18)13-7-9-14(10-8-13)19(2,3)4/h5-12H,1-4H3,(H,20,23)/t12-/m1/s1. The summed E-state index contributed by atoms with van der Waals surface area (Å²) >= 11 is 1.59. The predicted octanol–water partition coefficient (Wildman–Crippen LogP) is 4.59. The van der Waals surface area contributed by atoms with Crippen LogP contribution in [0.25, 0.3) is 11.5 Å². The van der Waals surface area contributed by atoms with Gasteiger partial charge in [-0.25, -0.2) is 0 Å². The van der Waals surface area contributed by atoms with Crippen molar-refractivity contribution in [2.45, 2.75) is 39.2 Å². The zero-order valence-electron chi connectivity index (χ0n) is 14.7. The van der Waals surface area contributed by atoms with Crippen LogP contribution in [0.15, 0.2) is 46.2 Å². The van der Waals surface area contributed by atoms with E-state index in [0.717, 1.165) is 10.4 Å². The van der Waals surface area contributed by atoms with Crippen LogP contribution in [0, 0.1) is 0 Å². The molecule has 0 aliphatic heterocycles. The number of rotatable bonds is 4. The van der Waals surface area contributed by atoms with Crippen molar-refractivity contribution in [1.82, 2.24) is 15.5 Å². The molecule has 0 saturated heterocycles. The molecule has 2 aromatic heterocycles. The molecule has 1 N–H and O–H groups in total. The minimum atomic E-state index is -0.369. The number of aromatic nitrogens is 2. The van der Waals surface area contributed by atoms with Crippen LogP contribution < -0.4 is 5.32 Å². The molecule has 0 aliphatic carbocycles. The maximum absolute atomic E-state index is 12.3. The highest BCUT2D eigenvalue weighted by Gasteiger charge is 2.19. The van der Waals surface area contributed by atoms with E-state index in [0.29, 0.717) is 5.89 Å². The Bertz CT molecular complexity index is 846. The number of hydrogen-bond donors (Lipinski definition) is 1. The Labute approximate surface area is 151 Å². The van der Waals surface area contributed by atoms with Gasteiger partial charge in [0.05, 0.1) is 6.04 Å². The lowest BCUT2D eigenvalue weighted by atomic mass is 9.87. The maximum atomic E-state index is 12.3. The fraction of sp³-hybridized carbons (Fsp3) is 0.316. The van der Waals surface area contributed by atoms with Gasteiger partial charge in [0, 0.05) is 10.4 Å². The third kappa shape index (κ3) is 3.96. The second-order valence-electron chi connectivity index (χ2n) is 6.95. The first kappa shape index (κ1) is 17.4. The summed E-state index contributed by atoms with van der Waals surface area (Å²) in [5.74, 6) is -0.0568. The summed E-state index contributed by atoms with van der Waals surface area (Å²) in [4.78, 5) is 13.4. The molecule has 0 bridgehead atoms. The van der Waals surface area contributed by atoms with Crippen molar-refractivity contribution >= 4 is 17.2 Å². The van der Waals surface area contributed by atoms with Gasteiger partial charge >= 0.3 is 11.8 Å². The smallest absolute Gasteiger partial charge is 0.309 e. The van der Waals surface area contributed by atoms with E-state index < -0.39 is 0 Å². The van der Waals surface area contributed by atoms with Crippen molar-refractivity contribution < 1.29 is 9.21 Å². The summed E-state index contributed by atoms with van der Waals surface area (Å²) in [6, 6.07) is 11.8. The molecule has 0 unspecified atom stereocenters. The molecule has 1 aromatic carbocycles. The number of benzene rings is 1. The molecular formula is C19H21N3O2S. The number of nitrogens with zero attached hydrogens (tertiary/aromatic N) is 2. The maximum Gasteiger partial charge on any atom is 0.309 e. The van der Waals surface area contributed by atoms with Gasteiger partial charge in [-0.15, -0.1) is 21.5 Å². The van der Waals surface area contributed by atoms with Gasteiger partial charge in [-0.2, -0.15) is 0 Å². The molecule has 0 aliphatic rings. The predicted molar refractivity (Wildman–Crippen MR) is 98.6 cm³/mol. The number of hydrogen-bond acceptors (Lipinski definition) is 5. The first-order valence-corrected chi connectivity index (χ1v) is 9.01. The molecule has 1 amide bonds. The van der Waals surface area contributed by atoms with E-state index in [1.54, 1.807) is 11.3 Å². The molecule has 2 heterocycles. The van der Waals surface area contributed by atoms with Crippen LogP contribution in [-0.2, 0) is 5.41 Å². The van der Waals surface area contributed by atoms with Crippen LogP contribution in [0.3, 0.4) is 0 Å². The van der Waals surface area contributed by atoms with Gasteiger partial charge in [0.15, 0.2) is 0 Å². The summed E-state index contributed by atoms with van der Waals surface area (Å²) in [7, 11) is 0. The van der Waals surface area contributed by atoms with Crippen LogP contribution in [0.1, 0.15) is 54.9 Å². The van der Waals surface area contributed by atoms with E-state index in [1.165, 1.54) is 5.56 Å². The Morgan fingerprint density at radius 1 is 1.16 bits per heavy atom. The second kappa shape index (κ2) is 6.80. The van der Waals surface area contributed by atoms with Crippen molar-refractivity contribution in [3.8, 4) is 11.5 Å². The molecular weight excluding hydrogens is 334 g/mol. The number of carbonyl (C=O) groups is 1. The van der Waals surface area contributed by atoms with Gasteiger partial charge in [0.25, 0.3) is 0 Å². The molecule has 0 saturated carbocycles. The van der Waals surface area contributed by atoms with E-state index in [2.05, 4.69) is 36.3 Å². The second-order valence-corrected chi connectivity index (χ2v) is 7.93. The monoisotopic (exact) mass is 355 g/mol. The first-order valence-electron chi connectivity index (χ1n) is 8.13. The molecule has 6 heteroatoms. The summed E-state index contributed by atoms with van der Waals surface area (Å²) in [5.41, 5.74) is 2.10. The Balaban J connectivity index is 1.72. The highest BCUT2D eigenvalue weighted by molar-refractivity contribution is 7.10. The topological polar surface area (TPSA) is 68.0 Å². The summed E-state index contributed by atoms with van der Waals surface area (Å²) in [5, 5.41) is 12.7. The molecule has 1 atom stereocenters. The summed E-state index contributed by atoms with van der Waals surface area (Å²) < 4.78 is 5.54. The quantitative estimate of drug-likeness (QED) is 0.743. The van der Waals surface area contributed by atoms with Crippen LogP contribution >= 0.6 is 11.3 Å². The van der Waals surface area contributed by atoms with Gasteiger partial charge in [-0.3, -0.25) is 4.79 Å². The average Bonchev–Trinajstić information content (AvgIpc) is 3.26. The fourth-order valence-electron chi connectivity index (χ4n) is 2.41. The largest absolute Gasteiger partial charge is 0.412 e. The van der Waals surface area contributed by atoms with Gasteiger partial charge in [-0.1, -0.05) is 39.0 Å². The van der Waals surface area contributed by atoms with E-state index in [-0.39, 0.29) is 23.3 Å². The normalized spacial score (nSPS) is 12.8. The van der Waals surface area contributed by atoms with Crippen molar-refractivity contribution in [2.24, 2.45) is 0 Å². The zero-order valence-corrected chi connectivity index (χ0v) is 15.6. The highest BCUT2D eigenvalue weighted by Crippen LogP contribution is 2.25. The Kier molecular flexibility index (Phi) is 4.72. The zero-order chi connectivity index (χ0) is 18.0. The average molecular weight is 355 g/mol. The minimum absolute atomic E-state index is 0.0293. The van der Waals surface area contributed by atoms with Crippen LogP contribution in [0.2, 0.25) is 0 Å². The molecule has 3 rings (SSSR count). The fourth-order valence-corrected chi connectivity index (χ4v) is 3.15. The SMILES string of the molecule is C[C@@H](NC(=O)c1nnc(-c2ccc(C(C)(C)C)cc2)o1)c1cccs1. The van der Waals surface area contributed by atoms with Gasteiger partial charge < -0.3 is 9.73 Å². The summed E-state index contributed by atoms with van der Waals surface area (Å²) in [6.07, 6.45) is 0. The molecule has 0 radical (unpaired) electrons. The molecule has 5 nitrogen and oxygen atoms in total. The van der Waals surface area contributed by atoms with Gasteiger partial charge in [0.2, 0.25) is 5.89 Å². The molecule has 0 fully saturated rings. The Morgan fingerprint density at radius 3 is 2.48 bits per heavy atom. The van der Waals surface area contributed by atoms with Gasteiger partial charge in [0.1, 0.15) is 0 Å². The van der Waals surface area contributed by atoms with Gasteiger partial charge in [-0.05, 0) is 41.5 Å². The highest BCUT2D eigenvalue weighted by atomic mass is 32.1. The third-order valence-electron chi connectivity index (χ3n) is 3.93. The van der Waals surface area contributed by atoms with E-state index in [9.17, 15) is 4.79 Å². The molecule has 25 heavy (non-hydrogen) atoms. The number of amides is 1. The lowest BCUT2D eigenvalue weighted by Gasteiger charge is -2.18. The van der Waals surface area contributed by atoms with E-state index in [1.807, 2.05) is 48.7 Å². The van der Waals surface area contributed by atoms with Crippen molar-refractivity contribution in [1.29, 1.82) is 0 Å². The van der Waals surface area contributed by atoms with Crippen molar-refractivity contribution in [2.75, 3.05) is 0 Å². The number of thiophene rings is 1. The molecule has 0 spiro atoms. The summed E-state index contributed by atoms with van der Waals surface area (Å²) in [6.45, 7) is 8.40. The lowest BCUT2D eigenvalue weighted by Crippen LogP contribution is -2.26. The van der Waals surface area contributed by atoms with Crippen LogP contribution in [0.5, 0.6) is 0 Å². The van der Waals surface area contributed by atoms with E-state index in [4.69, 9.17) is 4.42 Å². The van der Waals surface area contributed by atoms with Crippen LogP contribution in [-0.4, -0.2) is 16.1 Å². The van der Waals surface area contributed by atoms with Crippen LogP contribution in [0.4, 0.5) is 0 Å². The molecule has 130 valence electrons. The van der Waals surface area contributed by atoms with E-state index >= 15 is 0 Å². The molecule has 3 aromatic rings. The first-order chi connectivity index (χ1) is 11.8.